The van der Waals surface area contributed by atoms with E-state index >= 15 is 0 Å². The Labute approximate surface area is 119 Å². The molecule has 2 N–H and O–H groups in total. The van der Waals surface area contributed by atoms with Crippen LogP contribution in [-0.4, -0.2) is 11.0 Å². The predicted molar refractivity (Wildman–Crippen MR) is 80.7 cm³/mol. The molecule has 0 aliphatic rings. The number of carbonyl (C=O) groups excluding carboxylic acids is 1. The maximum absolute atomic E-state index is 12.0. The first-order valence-electron chi connectivity index (χ1n) is 6.61. The van der Waals surface area contributed by atoms with Crippen molar-refractivity contribution in [2.45, 2.75) is 26.8 Å². The summed E-state index contributed by atoms with van der Waals surface area (Å²) in [6, 6.07) is 11.2. The molecule has 0 spiro atoms. The Morgan fingerprint density at radius 1 is 1.15 bits per heavy atom. The molecule has 4 heteroatoms. The van der Waals surface area contributed by atoms with Gasteiger partial charge in [0.25, 0.3) is 0 Å². The van der Waals surface area contributed by atoms with E-state index in [-0.39, 0.29) is 12.1 Å². The van der Waals surface area contributed by atoms with Crippen LogP contribution < -0.4 is 10.6 Å². The van der Waals surface area contributed by atoms with Crippen LogP contribution in [0.4, 0.5) is 10.5 Å². The van der Waals surface area contributed by atoms with Crippen molar-refractivity contribution in [1.29, 1.82) is 0 Å². The van der Waals surface area contributed by atoms with Gasteiger partial charge in [-0.1, -0.05) is 12.1 Å². The van der Waals surface area contributed by atoms with Crippen molar-refractivity contribution in [2.24, 2.45) is 0 Å². The van der Waals surface area contributed by atoms with Crippen LogP contribution in [0.25, 0.3) is 0 Å². The number of aryl methyl sites for hydroxylation is 2. The SMILES string of the molecule is Cc1cc(C)cc(NC(=O)N[C@@H](C)c2ccccn2)c1. The van der Waals surface area contributed by atoms with Crippen molar-refractivity contribution in [3.8, 4) is 0 Å². The summed E-state index contributed by atoms with van der Waals surface area (Å²) in [6.45, 7) is 5.92. The minimum absolute atomic E-state index is 0.137. The summed E-state index contributed by atoms with van der Waals surface area (Å²) in [5.41, 5.74) is 3.88. The van der Waals surface area contributed by atoms with Crippen LogP contribution in [0.1, 0.15) is 29.8 Å². The summed E-state index contributed by atoms with van der Waals surface area (Å²) >= 11 is 0. The quantitative estimate of drug-likeness (QED) is 0.894. The maximum atomic E-state index is 12.0. The molecule has 0 bridgehead atoms. The zero-order valence-electron chi connectivity index (χ0n) is 12.0. The van der Waals surface area contributed by atoms with Crippen LogP contribution in [0, 0.1) is 13.8 Å². The van der Waals surface area contributed by atoms with Gasteiger partial charge in [-0.15, -0.1) is 0 Å². The number of urea groups is 1. The second kappa shape index (κ2) is 6.19. The molecule has 0 saturated carbocycles. The van der Waals surface area contributed by atoms with Crippen LogP contribution in [0.5, 0.6) is 0 Å². The van der Waals surface area contributed by atoms with Crippen molar-refractivity contribution in [3.63, 3.8) is 0 Å². The lowest BCUT2D eigenvalue weighted by atomic mass is 10.1. The highest BCUT2D eigenvalue weighted by atomic mass is 16.2. The molecule has 104 valence electrons. The van der Waals surface area contributed by atoms with Gasteiger partial charge < -0.3 is 10.6 Å². The Balaban J connectivity index is 1.99. The van der Waals surface area contributed by atoms with E-state index in [0.717, 1.165) is 22.5 Å². The molecule has 4 nitrogen and oxygen atoms in total. The van der Waals surface area contributed by atoms with Gasteiger partial charge in [-0.05, 0) is 56.2 Å². The number of amides is 2. The highest BCUT2D eigenvalue weighted by molar-refractivity contribution is 5.89. The second-order valence-electron chi connectivity index (χ2n) is 4.95. The number of hydrogen-bond donors (Lipinski definition) is 2. The van der Waals surface area contributed by atoms with Crippen molar-refractivity contribution < 1.29 is 4.79 Å². The van der Waals surface area contributed by atoms with Gasteiger partial charge in [0, 0.05) is 11.9 Å². The number of nitrogens with one attached hydrogen (secondary N) is 2. The number of rotatable bonds is 3. The number of carbonyl (C=O) groups is 1. The largest absolute Gasteiger partial charge is 0.330 e. The molecule has 1 aromatic carbocycles. The van der Waals surface area contributed by atoms with Gasteiger partial charge in [0.05, 0.1) is 11.7 Å². The van der Waals surface area contributed by atoms with Crippen LogP contribution >= 0.6 is 0 Å². The van der Waals surface area contributed by atoms with Gasteiger partial charge in [-0.25, -0.2) is 4.79 Å². The molecular formula is C16H19N3O. The first kappa shape index (κ1) is 14.1. The fourth-order valence-electron chi connectivity index (χ4n) is 2.12. The van der Waals surface area contributed by atoms with E-state index < -0.39 is 0 Å². The molecule has 0 aliphatic carbocycles. The number of pyridine rings is 1. The van der Waals surface area contributed by atoms with E-state index in [1.807, 2.05) is 51.1 Å². The first-order valence-corrected chi connectivity index (χ1v) is 6.61. The Kier molecular flexibility index (Phi) is 4.35. The second-order valence-corrected chi connectivity index (χ2v) is 4.95. The lowest BCUT2D eigenvalue weighted by Gasteiger charge is -2.14. The first-order chi connectivity index (χ1) is 9.54. The molecule has 0 saturated heterocycles. The average Bonchev–Trinajstić information content (AvgIpc) is 2.38. The third-order valence-electron chi connectivity index (χ3n) is 2.96. The third kappa shape index (κ3) is 3.82. The highest BCUT2D eigenvalue weighted by Gasteiger charge is 2.10. The van der Waals surface area contributed by atoms with Crippen LogP contribution in [0.15, 0.2) is 42.6 Å². The molecule has 1 aromatic heterocycles. The molecule has 20 heavy (non-hydrogen) atoms. The van der Waals surface area contributed by atoms with Crippen LogP contribution in [0.3, 0.4) is 0 Å². The summed E-state index contributed by atoms with van der Waals surface area (Å²) in [5, 5.41) is 5.72. The number of anilines is 1. The fourth-order valence-corrected chi connectivity index (χ4v) is 2.12. The van der Waals surface area contributed by atoms with Crippen molar-refractivity contribution >= 4 is 11.7 Å². The molecule has 2 aromatic rings. The lowest BCUT2D eigenvalue weighted by molar-refractivity contribution is 0.249. The predicted octanol–water partition coefficient (Wildman–Crippen LogP) is 3.58. The Morgan fingerprint density at radius 3 is 2.45 bits per heavy atom. The number of hydrogen-bond acceptors (Lipinski definition) is 2. The Hall–Kier alpha value is -2.36. The third-order valence-corrected chi connectivity index (χ3v) is 2.96. The monoisotopic (exact) mass is 269 g/mol. The summed E-state index contributed by atoms with van der Waals surface area (Å²) < 4.78 is 0. The molecule has 2 rings (SSSR count). The van der Waals surface area contributed by atoms with Crippen molar-refractivity contribution in [1.82, 2.24) is 10.3 Å². The molecule has 1 heterocycles. The number of aromatic nitrogens is 1. The van der Waals surface area contributed by atoms with Gasteiger partial charge in [0.2, 0.25) is 0 Å². The Bertz CT molecular complexity index is 576. The molecule has 0 radical (unpaired) electrons. The van der Waals surface area contributed by atoms with E-state index in [0.29, 0.717) is 0 Å². The molecule has 0 aliphatic heterocycles. The summed E-state index contributed by atoms with van der Waals surface area (Å²) in [7, 11) is 0. The van der Waals surface area contributed by atoms with Crippen LogP contribution in [-0.2, 0) is 0 Å². The van der Waals surface area contributed by atoms with Crippen molar-refractivity contribution in [3.05, 3.63) is 59.4 Å². The summed E-state index contributed by atoms with van der Waals surface area (Å²) in [5.74, 6) is 0. The highest BCUT2D eigenvalue weighted by Crippen LogP contribution is 2.14. The zero-order valence-corrected chi connectivity index (χ0v) is 12.0. The Morgan fingerprint density at radius 2 is 1.85 bits per heavy atom. The topological polar surface area (TPSA) is 54.0 Å². The summed E-state index contributed by atoms with van der Waals surface area (Å²) in [6.07, 6.45) is 1.72. The van der Waals surface area contributed by atoms with E-state index in [1.54, 1.807) is 6.20 Å². The van der Waals surface area contributed by atoms with Crippen molar-refractivity contribution in [2.75, 3.05) is 5.32 Å². The van der Waals surface area contributed by atoms with Gasteiger partial charge >= 0.3 is 6.03 Å². The molecule has 0 fully saturated rings. The van der Waals surface area contributed by atoms with Gasteiger partial charge in [0.1, 0.15) is 0 Å². The van der Waals surface area contributed by atoms with Gasteiger partial charge in [-0.2, -0.15) is 0 Å². The molecule has 0 unspecified atom stereocenters. The van der Waals surface area contributed by atoms with E-state index in [1.165, 1.54) is 0 Å². The minimum atomic E-state index is -0.229. The van der Waals surface area contributed by atoms with E-state index in [2.05, 4.69) is 21.7 Å². The van der Waals surface area contributed by atoms with E-state index in [9.17, 15) is 4.79 Å². The molecule has 1 atom stereocenters. The fraction of sp³-hybridized carbons (Fsp3) is 0.250. The standard InChI is InChI=1S/C16H19N3O/c1-11-8-12(2)10-14(9-11)19-16(20)18-13(3)15-6-4-5-7-17-15/h4-10,13H,1-3H3,(H2,18,19,20)/t13-/m0/s1. The normalized spacial score (nSPS) is 11.8. The number of nitrogens with zero attached hydrogens (tertiary/aromatic N) is 1. The average molecular weight is 269 g/mol. The number of benzene rings is 1. The molecule has 2 amide bonds. The van der Waals surface area contributed by atoms with Gasteiger partial charge in [-0.3, -0.25) is 4.98 Å². The van der Waals surface area contributed by atoms with Crippen LogP contribution in [0.2, 0.25) is 0 Å². The maximum Gasteiger partial charge on any atom is 0.319 e. The summed E-state index contributed by atoms with van der Waals surface area (Å²) in [4.78, 5) is 16.2. The van der Waals surface area contributed by atoms with Gasteiger partial charge in [0.15, 0.2) is 0 Å². The lowest BCUT2D eigenvalue weighted by Crippen LogP contribution is -2.31. The minimum Gasteiger partial charge on any atom is -0.330 e. The van der Waals surface area contributed by atoms with E-state index in [4.69, 9.17) is 0 Å². The molecular weight excluding hydrogens is 250 g/mol. The smallest absolute Gasteiger partial charge is 0.319 e. The zero-order chi connectivity index (χ0) is 14.5.